The molecule has 1 aromatic rings. The summed E-state index contributed by atoms with van der Waals surface area (Å²) in [6, 6.07) is 2.64. The van der Waals surface area contributed by atoms with Crippen LogP contribution in [0.2, 0.25) is 0 Å². The lowest BCUT2D eigenvalue weighted by Gasteiger charge is -2.32. The summed E-state index contributed by atoms with van der Waals surface area (Å²) in [6.07, 6.45) is 7.93. The van der Waals surface area contributed by atoms with Crippen LogP contribution in [0.15, 0.2) is 18.5 Å². The van der Waals surface area contributed by atoms with Crippen LogP contribution in [0.1, 0.15) is 31.7 Å². The SMILES string of the molecule is Cc1ccncc1NC(C)C1CCC1. The van der Waals surface area contributed by atoms with E-state index < -0.39 is 0 Å². The van der Waals surface area contributed by atoms with Gasteiger partial charge in [-0.25, -0.2) is 0 Å². The molecular formula is C12H18N2. The molecule has 1 fully saturated rings. The van der Waals surface area contributed by atoms with Crippen molar-refractivity contribution in [3.8, 4) is 0 Å². The molecule has 14 heavy (non-hydrogen) atoms. The molecule has 0 amide bonds. The minimum Gasteiger partial charge on any atom is -0.381 e. The number of nitrogens with zero attached hydrogens (tertiary/aromatic N) is 1. The van der Waals surface area contributed by atoms with Crippen molar-refractivity contribution >= 4 is 5.69 Å². The van der Waals surface area contributed by atoms with Crippen LogP contribution in [0.5, 0.6) is 0 Å². The van der Waals surface area contributed by atoms with Gasteiger partial charge in [0.25, 0.3) is 0 Å². The van der Waals surface area contributed by atoms with Gasteiger partial charge in [-0.3, -0.25) is 4.98 Å². The number of hydrogen-bond donors (Lipinski definition) is 1. The van der Waals surface area contributed by atoms with Gasteiger partial charge >= 0.3 is 0 Å². The predicted molar refractivity (Wildman–Crippen MR) is 59.4 cm³/mol. The Morgan fingerprint density at radius 2 is 2.29 bits per heavy atom. The van der Waals surface area contributed by atoms with Crippen molar-refractivity contribution < 1.29 is 0 Å². The van der Waals surface area contributed by atoms with Crippen molar-refractivity contribution in [1.82, 2.24) is 4.98 Å². The Hall–Kier alpha value is -1.05. The molecule has 1 saturated carbocycles. The highest BCUT2D eigenvalue weighted by molar-refractivity contribution is 5.48. The highest BCUT2D eigenvalue weighted by Gasteiger charge is 2.23. The zero-order valence-corrected chi connectivity index (χ0v) is 8.96. The van der Waals surface area contributed by atoms with E-state index in [1.807, 2.05) is 12.4 Å². The minimum atomic E-state index is 0.589. The maximum Gasteiger partial charge on any atom is 0.0558 e. The molecule has 1 aromatic heterocycles. The molecule has 0 aromatic carbocycles. The van der Waals surface area contributed by atoms with Gasteiger partial charge < -0.3 is 5.32 Å². The summed E-state index contributed by atoms with van der Waals surface area (Å²) < 4.78 is 0. The van der Waals surface area contributed by atoms with E-state index in [4.69, 9.17) is 0 Å². The molecule has 2 nitrogen and oxygen atoms in total. The number of nitrogens with one attached hydrogen (secondary N) is 1. The predicted octanol–water partition coefficient (Wildman–Crippen LogP) is 2.99. The van der Waals surface area contributed by atoms with Gasteiger partial charge in [-0.2, -0.15) is 0 Å². The van der Waals surface area contributed by atoms with Gasteiger partial charge in [0.05, 0.1) is 11.9 Å². The van der Waals surface area contributed by atoms with Crippen LogP contribution in [0.4, 0.5) is 5.69 Å². The van der Waals surface area contributed by atoms with Gasteiger partial charge in [-0.15, -0.1) is 0 Å². The third-order valence-corrected chi connectivity index (χ3v) is 3.28. The van der Waals surface area contributed by atoms with Crippen LogP contribution in [0.25, 0.3) is 0 Å². The standard InChI is InChI=1S/C12H18N2/c1-9-6-7-13-8-12(9)14-10(2)11-4-3-5-11/h6-8,10-11,14H,3-5H2,1-2H3. The first-order chi connectivity index (χ1) is 6.77. The van der Waals surface area contributed by atoms with Crippen LogP contribution >= 0.6 is 0 Å². The van der Waals surface area contributed by atoms with Crippen molar-refractivity contribution in [2.24, 2.45) is 5.92 Å². The van der Waals surface area contributed by atoms with Crippen LogP contribution < -0.4 is 5.32 Å². The summed E-state index contributed by atoms with van der Waals surface area (Å²) in [5, 5.41) is 3.55. The number of rotatable bonds is 3. The summed E-state index contributed by atoms with van der Waals surface area (Å²) in [5.41, 5.74) is 2.47. The molecule has 0 aliphatic heterocycles. The summed E-state index contributed by atoms with van der Waals surface area (Å²) in [4.78, 5) is 4.14. The molecule has 1 unspecified atom stereocenters. The van der Waals surface area contributed by atoms with Crippen LogP contribution in [0.3, 0.4) is 0 Å². The Bertz CT molecular complexity index is 305. The molecule has 76 valence electrons. The molecule has 1 N–H and O–H groups in total. The first-order valence-corrected chi connectivity index (χ1v) is 5.44. The summed E-state index contributed by atoms with van der Waals surface area (Å²) in [6.45, 7) is 4.40. The fourth-order valence-corrected chi connectivity index (χ4v) is 1.92. The quantitative estimate of drug-likeness (QED) is 0.792. The fraction of sp³-hybridized carbons (Fsp3) is 0.583. The van der Waals surface area contributed by atoms with Crippen LogP contribution in [-0.4, -0.2) is 11.0 Å². The first-order valence-electron chi connectivity index (χ1n) is 5.44. The summed E-state index contributed by atoms with van der Waals surface area (Å²) in [5.74, 6) is 0.870. The molecule has 0 bridgehead atoms. The Labute approximate surface area is 85.7 Å². The Morgan fingerprint density at radius 3 is 2.86 bits per heavy atom. The molecular weight excluding hydrogens is 172 g/mol. The number of aryl methyl sites for hydroxylation is 1. The zero-order valence-electron chi connectivity index (χ0n) is 8.96. The lowest BCUT2D eigenvalue weighted by atomic mass is 9.80. The number of anilines is 1. The molecule has 2 heteroatoms. The van der Waals surface area contributed by atoms with Crippen molar-refractivity contribution in [3.63, 3.8) is 0 Å². The smallest absolute Gasteiger partial charge is 0.0558 e. The second-order valence-electron chi connectivity index (χ2n) is 4.31. The van der Waals surface area contributed by atoms with E-state index in [1.54, 1.807) is 0 Å². The van der Waals surface area contributed by atoms with Crippen molar-refractivity contribution in [2.75, 3.05) is 5.32 Å². The summed E-state index contributed by atoms with van der Waals surface area (Å²) >= 11 is 0. The molecule has 1 aliphatic rings. The monoisotopic (exact) mass is 190 g/mol. The second-order valence-corrected chi connectivity index (χ2v) is 4.31. The van der Waals surface area contributed by atoms with E-state index in [-0.39, 0.29) is 0 Å². The van der Waals surface area contributed by atoms with Crippen molar-refractivity contribution in [2.45, 2.75) is 39.2 Å². The molecule has 0 spiro atoms. The number of hydrogen-bond acceptors (Lipinski definition) is 2. The van der Waals surface area contributed by atoms with Gasteiger partial charge in [0, 0.05) is 12.2 Å². The van der Waals surface area contributed by atoms with Crippen LogP contribution in [-0.2, 0) is 0 Å². The fourth-order valence-electron chi connectivity index (χ4n) is 1.92. The van der Waals surface area contributed by atoms with Gasteiger partial charge in [0.1, 0.15) is 0 Å². The summed E-state index contributed by atoms with van der Waals surface area (Å²) in [7, 11) is 0. The van der Waals surface area contributed by atoms with Crippen molar-refractivity contribution in [3.05, 3.63) is 24.0 Å². The average Bonchev–Trinajstić information content (AvgIpc) is 2.05. The first kappa shape index (κ1) is 9.50. The molecule has 2 rings (SSSR count). The van der Waals surface area contributed by atoms with E-state index in [2.05, 4.69) is 30.2 Å². The third-order valence-electron chi connectivity index (χ3n) is 3.28. The van der Waals surface area contributed by atoms with E-state index in [0.717, 1.165) is 5.92 Å². The van der Waals surface area contributed by atoms with Crippen LogP contribution in [0, 0.1) is 12.8 Å². The highest BCUT2D eigenvalue weighted by atomic mass is 14.9. The van der Waals surface area contributed by atoms with Crippen molar-refractivity contribution in [1.29, 1.82) is 0 Å². The van der Waals surface area contributed by atoms with E-state index in [0.29, 0.717) is 6.04 Å². The molecule has 0 saturated heterocycles. The van der Waals surface area contributed by atoms with E-state index >= 15 is 0 Å². The maximum atomic E-state index is 4.14. The average molecular weight is 190 g/mol. The van der Waals surface area contributed by atoms with Gasteiger partial charge in [0.15, 0.2) is 0 Å². The number of pyridine rings is 1. The number of aromatic nitrogens is 1. The third kappa shape index (κ3) is 1.89. The normalized spacial score (nSPS) is 18.7. The Kier molecular flexibility index (Phi) is 2.71. The maximum absolute atomic E-state index is 4.14. The topological polar surface area (TPSA) is 24.9 Å². The highest BCUT2D eigenvalue weighted by Crippen LogP contribution is 2.31. The molecule has 1 aliphatic carbocycles. The minimum absolute atomic E-state index is 0.589. The molecule has 0 radical (unpaired) electrons. The van der Waals surface area contributed by atoms with Gasteiger partial charge in [-0.05, 0) is 44.2 Å². The van der Waals surface area contributed by atoms with E-state index in [1.165, 1.54) is 30.5 Å². The molecule has 1 heterocycles. The Morgan fingerprint density at radius 1 is 1.50 bits per heavy atom. The lowest BCUT2D eigenvalue weighted by Crippen LogP contribution is -2.31. The lowest BCUT2D eigenvalue weighted by molar-refractivity contribution is 0.285. The largest absolute Gasteiger partial charge is 0.381 e. The van der Waals surface area contributed by atoms with Gasteiger partial charge in [-0.1, -0.05) is 6.42 Å². The van der Waals surface area contributed by atoms with Gasteiger partial charge in [0.2, 0.25) is 0 Å². The second kappa shape index (κ2) is 3.99. The Balaban J connectivity index is 1.99. The molecule has 1 atom stereocenters. The van der Waals surface area contributed by atoms with E-state index in [9.17, 15) is 0 Å². The zero-order chi connectivity index (χ0) is 9.97.